The van der Waals surface area contributed by atoms with Crippen LogP contribution < -0.4 is 0 Å². The smallest absolute Gasteiger partial charge is 0.0488 e. The Morgan fingerprint density at radius 2 is 2.29 bits per heavy atom. The third-order valence-corrected chi connectivity index (χ3v) is 4.61. The number of thiol groups is 1. The fraction of sp³-hybridized carbons (Fsp3) is 0.200. The Morgan fingerprint density at radius 1 is 1.50 bits per heavy atom. The van der Waals surface area contributed by atoms with Crippen molar-refractivity contribution in [2.45, 2.75) is 15.7 Å². The molecule has 74 valence electrons. The zero-order valence-corrected chi connectivity index (χ0v) is 10.9. The van der Waals surface area contributed by atoms with E-state index in [0.29, 0.717) is 5.88 Å². The third-order valence-electron chi connectivity index (χ3n) is 2.06. The lowest BCUT2D eigenvalue weighted by Gasteiger charge is -2.01. The van der Waals surface area contributed by atoms with Gasteiger partial charge in [0.15, 0.2) is 0 Å². The van der Waals surface area contributed by atoms with Gasteiger partial charge in [-0.05, 0) is 24.0 Å². The average molecular weight is 261 g/mol. The van der Waals surface area contributed by atoms with Gasteiger partial charge in [0.25, 0.3) is 0 Å². The van der Waals surface area contributed by atoms with Crippen LogP contribution in [0.3, 0.4) is 0 Å². The third kappa shape index (κ3) is 1.78. The van der Waals surface area contributed by atoms with Gasteiger partial charge in [-0.15, -0.1) is 47.3 Å². The lowest BCUT2D eigenvalue weighted by Crippen LogP contribution is -1.79. The Labute approximate surface area is 102 Å². The molecule has 0 nitrogen and oxygen atoms in total. The monoisotopic (exact) mass is 260 g/mol. The van der Waals surface area contributed by atoms with Crippen molar-refractivity contribution in [2.75, 3.05) is 6.26 Å². The molecule has 4 heteroatoms. The largest absolute Gasteiger partial charge is 0.143 e. The molecule has 14 heavy (non-hydrogen) atoms. The molecule has 1 heterocycles. The number of thioether (sulfide) groups is 1. The highest BCUT2D eigenvalue weighted by molar-refractivity contribution is 7.99. The van der Waals surface area contributed by atoms with Crippen LogP contribution in [0, 0.1) is 0 Å². The first-order valence-electron chi connectivity index (χ1n) is 4.09. The number of halogens is 1. The minimum atomic E-state index is 0.555. The molecule has 0 fully saturated rings. The molecule has 0 unspecified atom stereocenters. The fourth-order valence-electron chi connectivity index (χ4n) is 1.43. The van der Waals surface area contributed by atoms with Crippen LogP contribution in [-0.2, 0) is 5.88 Å². The second-order valence-corrected chi connectivity index (χ2v) is 5.43. The average Bonchev–Trinajstić information content (AvgIpc) is 2.59. The lowest BCUT2D eigenvalue weighted by molar-refractivity contribution is 1.38. The highest BCUT2D eigenvalue weighted by atomic mass is 35.5. The maximum absolute atomic E-state index is 5.90. The van der Waals surface area contributed by atoms with Crippen molar-refractivity contribution in [3.63, 3.8) is 0 Å². The number of hydrogen-bond donors (Lipinski definition) is 1. The van der Waals surface area contributed by atoms with E-state index in [1.54, 1.807) is 23.1 Å². The van der Waals surface area contributed by atoms with Gasteiger partial charge in [-0.25, -0.2) is 0 Å². The maximum atomic E-state index is 5.90. The van der Waals surface area contributed by atoms with Gasteiger partial charge in [0.2, 0.25) is 0 Å². The van der Waals surface area contributed by atoms with Gasteiger partial charge in [0, 0.05) is 31.1 Å². The Morgan fingerprint density at radius 3 is 2.93 bits per heavy atom. The standard InChI is InChI=1S/C10H9ClS3/c1-13-9-5-14-10-6(4-11)2-7(12)3-8(9)10/h2-3,5,12H,4H2,1H3. The summed E-state index contributed by atoms with van der Waals surface area (Å²) in [5, 5.41) is 3.46. The summed E-state index contributed by atoms with van der Waals surface area (Å²) in [6.07, 6.45) is 2.09. The van der Waals surface area contributed by atoms with Gasteiger partial charge in [-0.1, -0.05) is 0 Å². The molecule has 0 aliphatic carbocycles. The molecule has 0 spiro atoms. The van der Waals surface area contributed by atoms with Gasteiger partial charge in [0.05, 0.1) is 0 Å². The minimum Gasteiger partial charge on any atom is -0.143 e. The molecule has 0 aliphatic rings. The van der Waals surface area contributed by atoms with Crippen LogP contribution in [0.5, 0.6) is 0 Å². The number of hydrogen-bond acceptors (Lipinski definition) is 3. The van der Waals surface area contributed by atoms with E-state index >= 15 is 0 Å². The van der Waals surface area contributed by atoms with Gasteiger partial charge in [-0.3, -0.25) is 0 Å². The predicted octanol–water partition coefficient (Wildman–Crippen LogP) is 4.65. The summed E-state index contributed by atoms with van der Waals surface area (Å²) in [5.74, 6) is 0.555. The van der Waals surface area contributed by atoms with E-state index in [9.17, 15) is 0 Å². The first-order valence-corrected chi connectivity index (χ1v) is 7.18. The Hall–Kier alpha value is 0.170. The first-order chi connectivity index (χ1) is 6.76. The number of fused-ring (bicyclic) bond motifs is 1. The van der Waals surface area contributed by atoms with Gasteiger partial charge < -0.3 is 0 Å². The quantitative estimate of drug-likeness (QED) is 0.466. The van der Waals surface area contributed by atoms with Crippen LogP contribution in [0.4, 0.5) is 0 Å². The molecular formula is C10H9ClS3. The van der Waals surface area contributed by atoms with Crippen molar-refractivity contribution in [1.29, 1.82) is 0 Å². The molecule has 0 radical (unpaired) electrons. The van der Waals surface area contributed by atoms with Crippen LogP contribution >= 0.6 is 47.3 Å². The van der Waals surface area contributed by atoms with Crippen molar-refractivity contribution < 1.29 is 0 Å². The molecule has 0 saturated heterocycles. The highest BCUT2D eigenvalue weighted by Crippen LogP contribution is 2.36. The molecular weight excluding hydrogens is 252 g/mol. The Kier molecular flexibility index (Phi) is 3.32. The first kappa shape index (κ1) is 10.7. The van der Waals surface area contributed by atoms with Crippen molar-refractivity contribution in [1.82, 2.24) is 0 Å². The number of rotatable bonds is 2. The Balaban J connectivity index is 2.76. The van der Waals surface area contributed by atoms with E-state index in [-0.39, 0.29) is 0 Å². The molecule has 2 aromatic rings. The molecule has 1 aromatic heterocycles. The molecule has 0 atom stereocenters. The fourth-order valence-corrected chi connectivity index (χ4v) is 3.91. The predicted molar refractivity (Wildman–Crippen MR) is 70.4 cm³/mol. The topological polar surface area (TPSA) is 0 Å². The van der Waals surface area contributed by atoms with Crippen molar-refractivity contribution in [3.05, 3.63) is 23.1 Å². The summed E-state index contributed by atoms with van der Waals surface area (Å²) in [6.45, 7) is 0. The second kappa shape index (κ2) is 4.35. The molecule has 1 aromatic carbocycles. The van der Waals surface area contributed by atoms with Gasteiger partial charge in [-0.2, -0.15) is 0 Å². The van der Waals surface area contributed by atoms with Crippen LogP contribution in [0.15, 0.2) is 27.3 Å². The lowest BCUT2D eigenvalue weighted by atomic mass is 10.2. The summed E-state index contributed by atoms with van der Waals surface area (Å²) in [5.41, 5.74) is 1.18. The van der Waals surface area contributed by atoms with E-state index in [2.05, 4.69) is 30.3 Å². The van der Waals surface area contributed by atoms with Crippen molar-refractivity contribution in [2.24, 2.45) is 0 Å². The SMILES string of the molecule is CSc1csc2c(CCl)cc(S)cc12. The van der Waals surface area contributed by atoms with E-state index in [1.807, 2.05) is 6.07 Å². The molecule has 0 N–H and O–H groups in total. The molecule has 0 saturated carbocycles. The van der Waals surface area contributed by atoms with Crippen molar-refractivity contribution in [3.8, 4) is 0 Å². The van der Waals surface area contributed by atoms with Crippen LogP contribution in [-0.4, -0.2) is 6.26 Å². The summed E-state index contributed by atoms with van der Waals surface area (Å²) >= 11 is 13.8. The number of benzene rings is 1. The minimum absolute atomic E-state index is 0.555. The Bertz CT molecular complexity index is 462. The summed E-state index contributed by atoms with van der Waals surface area (Å²) < 4.78 is 1.29. The van der Waals surface area contributed by atoms with Crippen LogP contribution in [0.1, 0.15) is 5.56 Å². The van der Waals surface area contributed by atoms with E-state index < -0.39 is 0 Å². The van der Waals surface area contributed by atoms with Crippen LogP contribution in [0.25, 0.3) is 10.1 Å². The summed E-state index contributed by atoms with van der Waals surface area (Å²) in [4.78, 5) is 2.30. The normalized spacial score (nSPS) is 11.1. The highest BCUT2D eigenvalue weighted by Gasteiger charge is 2.07. The summed E-state index contributed by atoms with van der Waals surface area (Å²) in [7, 11) is 0. The zero-order valence-electron chi connectivity index (χ0n) is 7.58. The zero-order chi connectivity index (χ0) is 10.1. The van der Waals surface area contributed by atoms with Crippen molar-refractivity contribution >= 4 is 57.4 Å². The number of alkyl halides is 1. The van der Waals surface area contributed by atoms with Gasteiger partial charge in [0.1, 0.15) is 0 Å². The van der Waals surface area contributed by atoms with E-state index in [0.717, 1.165) is 4.90 Å². The second-order valence-electron chi connectivity index (χ2n) is 2.92. The number of thiophene rings is 1. The summed E-state index contributed by atoms with van der Waals surface area (Å²) in [6, 6.07) is 4.15. The molecule has 2 rings (SSSR count). The van der Waals surface area contributed by atoms with Gasteiger partial charge >= 0.3 is 0 Å². The van der Waals surface area contributed by atoms with Crippen LogP contribution in [0.2, 0.25) is 0 Å². The molecule has 0 aliphatic heterocycles. The van der Waals surface area contributed by atoms with E-state index in [4.69, 9.17) is 11.6 Å². The molecule has 0 amide bonds. The maximum Gasteiger partial charge on any atom is 0.0488 e. The molecule has 0 bridgehead atoms. The van der Waals surface area contributed by atoms with E-state index in [1.165, 1.54) is 20.5 Å².